The number of benzene rings is 2. The molecule has 0 saturated carbocycles. The van der Waals surface area contributed by atoms with Gasteiger partial charge < -0.3 is 24.7 Å². The number of hydrogen-bond acceptors (Lipinski definition) is 7. The van der Waals surface area contributed by atoms with Gasteiger partial charge in [0.05, 0.1) is 57.7 Å². The molecule has 0 amide bonds. The normalized spacial score (nSPS) is 12.3. The largest absolute Gasteiger partial charge is 0.497 e. The smallest absolute Gasteiger partial charge is 0.119 e. The minimum Gasteiger partial charge on any atom is -0.497 e. The van der Waals surface area contributed by atoms with Gasteiger partial charge in [-0.05, 0) is 79.9 Å². The summed E-state index contributed by atoms with van der Waals surface area (Å²) in [5.41, 5.74) is 12.4. The molecule has 0 fully saturated rings. The Labute approximate surface area is 206 Å². The van der Waals surface area contributed by atoms with Crippen molar-refractivity contribution in [3.63, 3.8) is 0 Å². The summed E-state index contributed by atoms with van der Waals surface area (Å²) in [6.45, 7) is 5.99. The van der Waals surface area contributed by atoms with Gasteiger partial charge in [0.25, 0.3) is 0 Å². The van der Waals surface area contributed by atoms with Crippen molar-refractivity contribution in [1.82, 2.24) is 9.97 Å². The fourth-order valence-corrected chi connectivity index (χ4v) is 4.15. The van der Waals surface area contributed by atoms with Crippen LogP contribution in [0.15, 0.2) is 48.5 Å². The number of aromatic nitrogens is 2. The highest BCUT2D eigenvalue weighted by Crippen LogP contribution is 2.25. The minimum absolute atomic E-state index is 0.263. The summed E-state index contributed by atoms with van der Waals surface area (Å²) in [7, 11) is 3.33. The Morgan fingerprint density at radius 2 is 1.34 bits per heavy atom. The molecule has 1 atom stereocenters. The van der Waals surface area contributed by atoms with Crippen molar-refractivity contribution in [3.05, 3.63) is 71.0 Å². The molecule has 7 heteroatoms. The predicted molar refractivity (Wildman–Crippen MR) is 138 cm³/mol. The van der Waals surface area contributed by atoms with Crippen LogP contribution in [0.5, 0.6) is 11.5 Å². The van der Waals surface area contributed by atoms with Crippen molar-refractivity contribution in [2.24, 2.45) is 5.73 Å². The molecule has 0 spiro atoms. The Morgan fingerprint density at radius 3 is 2.00 bits per heavy atom. The maximum absolute atomic E-state index is 6.40. The van der Waals surface area contributed by atoms with E-state index in [4.69, 9.17) is 29.7 Å². The summed E-state index contributed by atoms with van der Waals surface area (Å²) < 4.78 is 22.2. The maximum Gasteiger partial charge on any atom is 0.119 e. The molecule has 7 nitrogen and oxygen atoms in total. The van der Waals surface area contributed by atoms with Crippen LogP contribution in [0.3, 0.4) is 0 Å². The Bertz CT molecular complexity index is 1310. The van der Waals surface area contributed by atoms with Crippen molar-refractivity contribution in [2.45, 2.75) is 26.3 Å². The molecule has 2 heterocycles. The summed E-state index contributed by atoms with van der Waals surface area (Å²) in [5.74, 6) is 1.63. The lowest BCUT2D eigenvalue weighted by molar-refractivity contribution is 0.0435. The highest BCUT2D eigenvalue weighted by Gasteiger charge is 2.12. The van der Waals surface area contributed by atoms with E-state index < -0.39 is 0 Å². The Balaban J connectivity index is 1.23. The Hall–Kier alpha value is -3.26. The van der Waals surface area contributed by atoms with Crippen molar-refractivity contribution in [2.75, 3.05) is 40.6 Å². The molecule has 0 aliphatic heterocycles. The minimum atomic E-state index is -0.263. The SMILES string of the molecule is COc1ccc2nc(C)c(CCOCCOCC(N)c3cc4cc(OC)ccc4nc3C)cc2c1. The van der Waals surface area contributed by atoms with Crippen LogP contribution in [0.4, 0.5) is 0 Å². The Kier molecular flexibility index (Phi) is 8.13. The van der Waals surface area contributed by atoms with Crippen LogP contribution in [0.2, 0.25) is 0 Å². The first-order valence-electron chi connectivity index (χ1n) is 11.8. The Morgan fingerprint density at radius 1 is 0.743 bits per heavy atom. The highest BCUT2D eigenvalue weighted by atomic mass is 16.5. The van der Waals surface area contributed by atoms with Gasteiger partial charge in [0.15, 0.2) is 0 Å². The van der Waals surface area contributed by atoms with Gasteiger partial charge in [-0.3, -0.25) is 9.97 Å². The average molecular weight is 476 g/mol. The topological polar surface area (TPSA) is 88.7 Å². The lowest BCUT2D eigenvalue weighted by Gasteiger charge is -2.16. The van der Waals surface area contributed by atoms with Crippen LogP contribution in [-0.2, 0) is 15.9 Å². The number of pyridine rings is 2. The number of fused-ring (bicyclic) bond motifs is 2. The summed E-state index contributed by atoms with van der Waals surface area (Å²) in [6.07, 6.45) is 0.789. The maximum atomic E-state index is 6.40. The van der Waals surface area contributed by atoms with E-state index in [1.807, 2.05) is 50.2 Å². The number of ether oxygens (including phenoxy) is 4. The van der Waals surface area contributed by atoms with E-state index in [1.54, 1.807) is 14.2 Å². The summed E-state index contributed by atoms with van der Waals surface area (Å²) in [5, 5.41) is 2.07. The molecule has 184 valence electrons. The fraction of sp³-hybridized carbons (Fsp3) is 0.357. The van der Waals surface area contributed by atoms with Gasteiger partial charge in [-0.1, -0.05) is 0 Å². The van der Waals surface area contributed by atoms with Crippen LogP contribution >= 0.6 is 0 Å². The highest BCUT2D eigenvalue weighted by molar-refractivity contribution is 5.82. The fourth-order valence-electron chi connectivity index (χ4n) is 4.15. The molecular weight excluding hydrogens is 442 g/mol. The van der Waals surface area contributed by atoms with Gasteiger partial charge in [-0.15, -0.1) is 0 Å². The lowest BCUT2D eigenvalue weighted by atomic mass is 10.0. The molecule has 0 aliphatic carbocycles. The predicted octanol–water partition coefficient (Wildman–Crippen LogP) is 4.69. The molecule has 2 aromatic heterocycles. The zero-order valence-electron chi connectivity index (χ0n) is 20.8. The van der Waals surface area contributed by atoms with E-state index >= 15 is 0 Å². The van der Waals surface area contributed by atoms with E-state index in [2.05, 4.69) is 17.1 Å². The first-order valence-corrected chi connectivity index (χ1v) is 11.8. The quantitative estimate of drug-likeness (QED) is 0.315. The second-order valence-electron chi connectivity index (χ2n) is 8.56. The van der Waals surface area contributed by atoms with Crippen LogP contribution < -0.4 is 15.2 Å². The molecule has 2 aromatic carbocycles. The van der Waals surface area contributed by atoms with Crippen molar-refractivity contribution in [1.29, 1.82) is 0 Å². The van der Waals surface area contributed by atoms with Gasteiger partial charge in [-0.2, -0.15) is 0 Å². The van der Waals surface area contributed by atoms with Gasteiger partial charge >= 0.3 is 0 Å². The van der Waals surface area contributed by atoms with Crippen LogP contribution in [0.25, 0.3) is 21.8 Å². The zero-order chi connectivity index (χ0) is 24.8. The summed E-state index contributed by atoms with van der Waals surface area (Å²) >= 11 is 0. The third-order valence-electron chi connectivity index (χ3n) is 6.15. The monoisotopic (exact) mass is 475 g/mol. The van der Waals surface area contributed by atoms with Crippen LogP contribution in [0.1, 0.15) is 28.6 Å². The molecular formula is C28H33N3O4. The molecule has 35 heavy (non-hydrogen) atoms. The average Bonchev–Trinajstić information content (AvgIpc) is 2.87. The van der Waals surface area contributed by atoms with Gasteiger partial charge in [-0.25, -0.2) is 0 Å². The second kappa shape index (κ2) is 11.4. The standard InChI is InChI=1S/C28H33N3O4/c1-18-20(13-21-14-23(32-3)5-7-27(21)30-18)9-10-34-11-12-35-17-26(29)25-16-22-15-24(33-4)6-8-28(22)31-19(25)2/h5-8,13-16,26H,9-12,17,29H2,1-4H3. The number of methoxy groups -OCH3 is 2. The number of nitrogens with zero attached hydrogens (tertiary/aromatic N) is 2. The van der Waals surface area contributed by atoms with Gasteiger partial charge in [0, 0.05) is 22.2 Å². The number of nitrogens with two attached hydrogens (primary N) is 1. The van der Waals surface area contributed by atoms with Crippen molar-refractivity contribution >= 4 is 21.8 Å². The molecule has 4 aromatic rings. The van der Waals surface area contributed by atoms with Gasteiger partial charge in [0.2, 0.25) is 0 Å². The van der Waals surface area contributed by atoms with E-state index in [-0.39, 0.29) is 6.04 Å². The second-order valence-corrected chi connectivity index (χ2v) is 8.56. The number of rotatable bonds is 11. The molecule has 1 unspecified atom stereocenters. The molecule has 0 radical (unpaired) electrons. The van der Waals surface area contributed by atoms with Gasteiger partial charge in [0.1, 0.15) is 11.5 Å². The van der Waals surface area contributed by atoms with E-state index in [1.165, 1.54) is 5.56 Å². The van der Waals surface area contributed by atoms with E-state index in [0.717, 1.165) is 56.7 Å². The molecule has 0 saturated heterocycles. The molecule has 0 aliphatic rings. The number of aryl methyl sites for hydroxylation is 2. The molecule has 2 N–H and O–H groups in total. The lowest BCUT2D eigenvalue weighted by Crippen LogP contribution is -2.20. The number of hydrogen-bond donors (Lipinski definition) is 1. The zero-order valence-corrected chi connectivity index (χ0v) is 20.8. The first kappa shape index (κ1) is 24.9. The third kappa shape index (κ3) is 6.06. The van der Waals surface area contributed by atoms with E-state index in [9.17, 15) is 0 Å². The molecule has 0 bridgehead atoms. The van der Waals surface area contributed by atoms with E-state index in [0.29, 0.717) is 26.4 Å². The first-order chi connectivity index (χ1) is 17.0. The molecule has 4 rings (SSSR count). The van der Waals surface area contributed by atoms with Crippen LogP contribution in [0, 0.1) is 13.8 Å². The summed E-state index contributed by atoms with van der Waals surface area (Å²) in [4.78, 5) is 9.38. The van der Waals surface area contributed by atoms with Crippen molar-refractivity contribution in [3.8, 4) is 11.5 Å². The third-order valence-corrected chi connectivity index (χ3v) is 6.15. The van der Waals surface area contributed by atoms with Crippen LogP contribution in [-0.4, -0.2) is 50.6 Å². The van der Waals surface area contributed by atoms with Crippen molar-refractivity contribution < 1.29 is 18.9 Å². The summed E-state index contributed by atoms with van der Waals surface area (Å²) in [6, 6.07) is 15.7.